The third kappa shape index (κ3) is 4.40. The Labute approximate surface area is 191 Å². The number of aromatic nitrogens is 2. The first-order valence-corrected chi connectivity index (χ1v) is 11.6. The molecule has 33 heavy (non-hydrogen) atoms. The summed E-state index contributed by atoms with van der Waals surface area (Å²) in [5.74, 6) is 0.246. The lowest BCUT2D eigenvalue weighted by Crippen LogP contribution is -2.23. The maximum absolute atomic E-state index is 13.3. The molecule has 2 aromatic carbocycles. The molecule has 0 aliphatic carbocycles. The molecule has 1 amide bonds. The molecule has 8 nitrogen and oxygen atoms in total. The van der Waals surface area contributed by atoms with Gasteiger partial charge in [-0.3, -0.25) is 9.78 Å². The minimum atomic E-state index is -3.85. The van der Waals surface area contributed by atoms with Gasteiger partial charge in [-0.15, -0.1) is 0 Å². The number of nitrogens with zero attached hydrogens (tertiary/aromatic N) is 1. The Kier molecular flexibility index (Phi) is 6.06. The minimum absolute atomic E-state index is 0.0382. The van der Waals surface area contributed by atoms with Gasteiger partial charge in [-0.05, 0) is 54.4 Å². The van der Waals surface area contributed by atoms with Crippen molar-refractivity contribution < 1.29 is 22.7 Å². The molecule has 0 saturated heterocycles. The Morgan fingerprint density at radius 3 is 2.48 bits per heavy atom. The molecule has 0 aliphatic heterocycles. The average molecular weight is 466 g/mol. The Morgan fingerprint density at radius 2 is 1.82 bits per heavy atom. The van der Waals surface area contributed by atoms with Crippen molar-refractivity contribution in [3.8, 4) is 11.5 Å². The van der Waals surface area contributed by atoms with Crippen molar-refractivity contribution in [1.82, 2.24) is 15.3 Å². The number of sulfone groups is 1. The highest BCUT2D eigenvalue weighted by Crippen LogP contribution is 2.38. The van der Waals surface area contributed by atoms with Gasteiger partial charge in [0.2, 0.25) is 9.84 Å². The number of pyridine rings is 1. The molecule has 9 heteroatoms. The second-order valence-electron chi connectivity index (χ2n) is 7.47. The average Bonchev–Trinajstić information content (AvgIpc) is 3.26. The van der Waals surface area contributed by atoms with Crippen molar-refractivity contribution in [1.29, 1.82) is 0 Å². The van der Waals surface area contributed by atoms with E-state index < -0.39 is 9.84 Å². The molecule has 0 bridgehead atoms. The number of hydrogen-bond acceptors (Lipinski definition) is 6. The summed E-state index contributed by atoms with van der Waals surface area (Å²) in [4.78, 5) is 19.7. The summed E-state index contributed by atoms with van der Waals surface area (Å²) in [6, 6.07) is 13.2. The first kappa shape index (κ1) is 22.3. The molecule has 0 aliphatic rings. The Balaban J connectivity index is 1.52. The van der Waals surface area contributed by atoms with Gasteiger partial charge in [-0.2, -0.15) is 0 Å². The van der Waals surface area contributed by atoms with Crippen LogP contribution in [0.25, 0.3) is 10.9 Å². The SMILES string of the molecule is COc1cc(C)cc(S(=O)(=O)c2ccc(CNC(=O)c3cc4cnccc4[nH]3)cc2)c1OC. The van der Waals surface area contributed by atoms with E-state index in [1.165, 1.54) is 26.4 Å². The summed E-state index contributed by atoms with van der Waals surface area (Å²) in [6.07, 6.45) is 3.33. The molecule has 0 fully saturated rings. The highest BCUT2D eigenvalue weighted by molar-refractivity contribution is 7.91. The van der Waals surface area contributed by atoms with Gasteiger partial charge in [0.15, 0.2) is 11.5 Å². The van der Waals surface area contributed by atoms with Crippen LogP contribution < -0.4 is 14.8 Å². The van der Waals surface area contributed by atoms with Gasteiger partial charge < -0.3 is 19.8 Å². The molecule has 4 rings (SSSR count). The van der Waals surface area contributed by atoms with E-state index in [4.69, 9.17) is 9.47 Å². The van der Waals surface area contributed by atoms with E-state index >= 15 is 0 Å². The molecule has 0 spiro atoms. The number of H-pyrrole nitrogens is 1. The summed E-state index contributed by atoms with van der Waals surface area (Å²) in [5.41, 5.74) is 2.75. The van der Waals surface area contributed by atoms with Gasteiger partial charge in [-0.1, -0.05) is 12.1 Å². The Morgan fingerprint density at radius 1 is 1.06 bits per heavy atom. The van der Waals surface area contributed by atoms with Crippen LogP contribution in [-0.4, -0.2) is 38.5 Å². The quantitative estimate of drug-likeness (QED) is 0.431. The predicted molar refractivity (Wildman–Crippen MR) is 123 cm³/mol. The van der Waals surface area contributed by atoms with Gasteiger partial charge in [0.25, 0.3) is 5.91 Å². The lowest BCUT2D eigenvalue weighted by atomic mass is 10.2. The van der Waals surface area contributed by atoms with Gasteiger partial charge in [0.1, 0.15) is 10.6 Å². The normalized spacial score (nSPS) is 11.4. The number of rotatable bonds is 7. The first-order chi connectivity index (χ1) is 15.8. The van der Waals surface area contributed by atoms with Crippen molar-refractivity contribution in [3.63, 3.8) is 0 Å². The van der Waals surface area contributed by atoms with Crippen LogP contribution in [0.2, 0.25) is 0 Å². The molecule has 2 aromatic heterocycles. The number of methoxy groups -OCH3 is 2. The van der Waals surface area contributed by atoms with Crippen LogP contribution in [0, 0.1) is 6.92 Å². The lowest BCUT2D eigenvalue weighted by Gasteiger charge is -2.14. The van der Waals surface area contributed by atoms with Crippen LogP contribution in [0.15, 0.2) is 70.7 Å². The third-order valence-corrected chi connectivity index (χ3v) is 7.01. The standard InChI is InChI=1S/C24H23N3O5S/c1-15-10-21(31-2)23(32-3)22(11-15)33(29,30)18-6-4-16(5-7-18)13-26-24(28)20-12-17-14-25-9-8-19(17)27-20/h4-12,14,27H,13H2,1-3H3,(H,26,28). The molecule has 4 aromatic rings. The molecular formula is C24H23N3O5S. The monoisotopic (exact) mass is 465 g/mol. The second-order valence-corrected chi connectivity index (χ2v) is 9.39. The Hall–Kier alpha value is -3.85. The molecule has 0 unspecified atom stereocenters. The zero-order valence-corrected chi connectivity index (χ0v) is 19.2. The van der Waals surface area contributed by atoms with E-state index in [0.29, 0.717) is 11.4 Å². The van der Waals surface area contributed by atoms with Crippen LogP contribution in [0.1, 0.15) is 21.6 Å². The van der Waals surface area contributed by atoms with Crippen molar-refractivity contribution in [2.75, 3.05) is 14.2 Å². The number of nitrogens with one attached hydrogen (secondary N) is 2. The number of benzene rings is 2. The van der Waals surface area contributed by atoms with E-state index in [1.54, 1.807) is 55.7 Å². The highest BCUT2D eigenvalue weighted by atomic mass is 32.2. The van der Waals surface area contributed by atoms with Crippen LogP contribution in [0.5, 0.6) is 11.5 Å². The van der Waals surface area contributed by atoms with Crippen LogP contribution in [0.4, 0.5) is 0 Å². The number of aryl methyl sites for hydroxylation is 1. The fraction of sp³-hybridized carbons (Fsp3) is 0.167. The molecule has 0 saturated carbocycles. The summed E-state index contributed by atoms with van der Waals surface area (Å²) >= 11 is 0. The number of carbonyl (C=O) groups excluding carboxylic acids is 1. The predicted octanol–water partition coefficient (Wildman–Crippen LogP) is 3.65. The molecule has 0 atom stereocenters. The summed E-state index contributed by atoms with van der Waals surface area (Å²) in [6.45, 7) is 2.03. The molecule has 170 valence electrons. The number of hydrogen-bond donors (Lipinski definition) is 2. The van der Waals surface area contributed by atoms with E-state index in [9.17, 15) is 13.2 Å². The van der Waals surface area contributed by atoms with Crippen molar-refractivity contribution >= 4 is 26.6 Å². The van der Waals surface area contributed by atoms with Crippen LogP contribution in [-0.2, 0) is 16.4 Å². The molecule has 0 radical (unpaired) electrons. The third-order valence-electron chi connectivity index (χ3n) is 5.23. The molecular weight excluding hydrogens is 442 g/mol. The van der Waals surface area contributed by atoms with Crippen molar-refractivity contribution in [2.24, 2.45) is 0 Å². The largest absolute Gasteiger partial charge is 0.493 e. The van der Waals surface area contributed by atoms with Gasteiger partial charge >= 0.3 is 0 Å². The zero-order valence-electron chi connectivity index (χ0n) is 18.4. The number of ether oxygens (including phenoxy) is 2. The fourth-order valence-electron chi connectivity index (χ4n) is 3.55. The maximum Gasteiger partial charge on any atom is 0.267 e. The Bertz CT molecular complexity index is 1390. The molecule has 2 N–H and O–H groups in total. The number of amides is 1. The van der Waals surface area contributed by atoms with E-state index in [1.807, 2.05) is 0 Å². The number of carbonyl (C=O) groups is 1. The number of fused-ring (bicyclic) bond motifs is 1. The minimum Gasteiger partial charge on any atom is -0.493 e. The summed E-state index contributed by atoms with van der Waals surface area (Å²) in [5, 5.41) is 3.68. The number of aromatic amines is 1. The molecule has 2 heterocycles. The van der Waals surface area contributed by atoms with E-state index in [2.05, 4.69) is 15.3 Å². The van der Waals surface area contributed by atoms with E-state index in [-0.39, 0.29) is 28.0 Å². The topological polar surface area (TPSA) is 110 Å². The smallest absolute Gasteiger partial charge is 0.267 e. The summed E-state index contributed by atoms with van der Waals surface area (Å²) < 4.78 is 37.1. The highest BCUT2D eigenvalue weighted by Gasteiger charge is 2.25. The van der Waals surface area contributed by atoms with Crippen molar-refractivity contribution in [3.05, 3.63) is 77.7 Å². The second kappa shape index (κ2) is 8.95. The van der Waals surface area contributed by atoms with Gasteiger partial charge in [-0.25, -0.2) is 8.42 Å². The van der Waals surface area contributed by atoms with Crippen molar-refractivity contribution in [2.45, 2.75) is 23.3 Å². The van der Waals surface area contributed by atoms with Crippen LogP contribution in [0.3, 0.4) is 0 Å². The van der Waals surface area contributed by atoms with Crippen LogP contribution >= 0.6 is 0 Å². The van der Waals surface area contributed by atoms with Gasteiger partial charge in [0.05, 0.1) is 19.1 Å². The first-order valence-electron chi connectivity index (χ1n) is 10.1. The van der Waals surface area contributed by atoms with Gasteiger partial charge in [0, 0.05) is 29.8 Å². The maximum atomic E-state index is 13.3. The zero-order chi connectivity index (χ0) is 23.6. The van der Waals surface area contributed by atoms with E-state index in [0.717, 1.165) is 22.0 Å². The lowest BCUT2D eigenvalue weighted by molar-refractivity contribution is 0.0946. The fourth-order valence-corrected chi connectivity index (χ4v) is 5.06. The summed E-state index contributed by atoms with van der Waals surface area (Å²) in [7, 11) is -0.980.